The minimum Gasteiger partial charge on any atom is -0.357 e. The first-order valence-electron chi connectivity index (χ1n) is 9.30. The number of nitrogens with one attached hydrogen (secondary N) is 3. The number of hydrogen-bond acceptors (Lipinski definition) is 6. The van der Waals surface area contributed by atoms with E-state index in [-0.39, 0.29) is 35.8 Å². The van der Waals surface area contributed by atoms with Gasteiger partial charge in [-0.15, -0.1) is 24.0 Å². The largest absolute Gasteiger partial charge is 0.357 e. The molecule has 2 aromatic rings. The molecule has 2 heterocycles. The van der Waals surface area contributed by atoms with Crippen LogP contribution in [-0.4, -0.2) is 53.2 Å². The third-order valence-electron chi connectivity index (χ3n) is 3.97. The van der Waals surface area contributed by atoms with Crippen LogP contribution >= 0.6 is 24.0 Å². The molecule has 1 aliphatic carbocycles. The molecule has 3 N–H and O–H groups in total. The summed E-state index contributed by atoms with van der Waals surface area (Å²) in [6.07, 6.45) is 4.28. The average molecular weight is 499 g/mol. The van der Waals surface area contributed by atoms with Gasteiger partial charge in [0.25, 0.3) is 5.89 Å². The average Bonchev–Trinajstić information content (AvgIpc) is 3.44. The van der Waals surface area contributed by atoms with Gasteiger partial charge in [0.05, 0.1) is 0 Å². The second-order valence-electron chi connectivity index (χ2n) is 6.23. The lowest BCUT2D eigenvalue weighted by molar-refractivity contribution is -0.122. The maximum Gasteiger partial charge on any atom is 0.276 e. The van der Waals surface area contributed by atoms with Crippen LogP contribution in [0.1, 0.15) is 25.6 Å². The van der Waals surface area contributed by atoms with Crippen LogP contribution in [0.5, 0.6) is 0 Å². The zero-order valence-corrected chi connectivity index (χ0v) is 18.2. The van der Waals surface area contributed by atoms with E-state index in [0.717, 1.165) is 19.4 Å². The Kier molecular flexibility index (Phi) is 9.11. The van der Waals surface area contributed by atoms with E-state index in [9.17, 15) is 4.79 Å². The van der Waals surface area contributed by atoms with Gasteiger partial charge in [-0.25, -0.2) is 0 Å². The van der Waals surface area contributed by atoms with Crippen LogP contribution in [0.4, 0.5) is 0 Å². The SMILES string of the molecule is CCNC(=NCCc1noc(-c2ccccn2)n1)NCCNC(=O)C1CC1.I. The molecule has 0 aromatic carbocycles. The number of aliphatic imine (C=N–C) groups is 1. The lowest BCUT2D eigenvalue weighted by atomic mass is 10.3. The number of hydrogen-bond donors (Lipinski definition) is 3. The summed E-state index contributed by atoms with van der Waals surface area (Å²) in [5, 5.41) is 13.3. The Morgan fingerprint density at radius 2 is 2.07 bits per heavy atom. The number of aromatic nitrogens is 3. The summed E-state index contributed by atoms with van der Waals surface area (Å²) >= 11 is 0. The fourth-order valence-corrected chi connectivity index (χ4v) is 2.41. The van der Waals surface area contributed by atoms with Gasteiger partial charge in [-0.05, 0) is 31.9 Å². The monoisotopic (exact) mass is 499 g/mol. The molecule has 0 unspecified atom stereocenters. The van der Waals surface area contributed by atoms with Crippen molar-refractivity contribution in [3.05, 3.63) is 30.2 Å². The lowest BCUT2D eigenvalue weighted by Gasteiger charge is -2.11. The highest BCUT2D eigenvalue weighted by atomic mass is 127. The van der Waals surface area contributed by atoms with Gasteiger partial charge in [-0.3, -0.25) is 14.8 Å². The normalized spacial score (nSPS) is 13.5. The molecule has 9 nitrogen and oxygen atoms in total. The van der Waals surface area contributed by atoms with Crippen molar-refractivity contribution in [2.24, 2.45) is 10.9 Å². The first kappa shape index (κ1) is 22.1. The van der Waals surface area contributed by atoms with Gasteiger partial charge in [0.2, 0.25) is 5.91 Å². The quantitative estimate of drug-likeness (QED) is 0.207. The molecule has 0 atom stereocenters. The van der Waals surface area contributed by atoms with Gasteiger partial charge in [-0.2, -0.15) is 4.98 Å². The molecule has 0 saturated heterocycles. The molecule has 1 saturated carbocycles. The molecule has 1 amide bonds. The van der Waals surface area contributed by atoms with E-state index >= 15 is 0 Å². The molecule has 0 aliphatic heterocycles. The van der Waals surface area contributed by atoms with Gasteiger partial charge < -0.3 is 20.5 Å². The maximum atomic E-state index is 11.6. The van der Waals surface area contributed by atoms with E-state index < -0.39 is 0 Å². The van der Waals surface area contributed by atoms with Gasteiger partial charge in [0, 0.05) is 44.7 Å². The molecule has 152 valence electrons. The van der Waals surface area contributed by atoms with Crippen molar-refractivity contribution in [2.45, 2.75) is 26.2 Å². The number of nitrogens with zero attached hydrogens (tertiary/aromatic N) is 4. The number of guanidine groups is 1. The van der Waals surface area contributed by atoms with Gasteiger partial charge >= 0.3 is 0 Å². The number of carbonyl (C=O) groups excluding carboxylic acids is 1. The Balaban J connectivity index is 0.00000280. The molecule has 2 aromatic heterocycles. The second kappa shape index (κ2) is 11.6. The summed E-state index contributed by atoms with van der Waals surface area (Å²) in [6, 6.07) is 5.53. The molecular weight excluding hydrogens is 473 g/mol. The van der Waals surface area contributed by atoms with Crippen molar-refractivity contribution >= 4 is 35.8 Å². The summed E-state index contributed by atoms with van der Waals surface area (Å²) < 4.78 is 5.24. The predicted molar refractivity (Wildman–Crippen MR) is 116 cm³/mol. The lowest BCUT2D eigenvalue weighted by Crippen LogP contribution is -2.41. The third-order valence-corrected chi connectivity index (χ3v) is 3.97. The Morgan fingerprint density at radius 1 is 1.25 bits per heavy atom. The highest BCUT2D eigenvalue weighted by Gasteiger charge is 2.28. The van der Waals surface area contributed by atoms with Crippen molar-refractivity contribution in [1.82, 2.24) is 31.1 Å². The highest BCUT2D eigenvalue weighted by Crippen LogP contribution is 2.28. The first-order chi connectivity index (χ1) is 13.3. The van der Waals surface area contributed by atoms with Crippen LogP contribution in [0.15, 0.2) is 33.9 Å². The second-order valence-corrected chi connectivity index (χ2v) is 6.23. The summed E-state index contributed by atoms with van der Waals surface area (Å²) in [5.74, 6) is 2.09. The zero-order chi connectivity index (χ0) is 18.9. The van der Waals surface area contributed by atoms with E-state index in [1.807, 2.05) is 25.1 Å². The third kappa shape index (κ3) is 7.06. The van der Waals surface area contributed by atoms with Gasteiger partial charge in [0.1, 0.15) is 5.69 Å². The van der Waals surface area contributed by atoms with Gasteiger partial charge in [0.15, 0.2) is 11.8 Å². The van der Waals surface area contributed by atoms with E-state index in [1.54, 1.807) is 6.20 Å². The smallest absolute Gasteiger partial charge is 0.276 e. The number of carbonyl (C=O) groups is 1. The topological polar surface area (TPSA) is 117 Å². The van der Waals surface area contributed by atoms with E-state index in [2.05, 4.69) is 36.1 Å². The Hall–Kier alpha value is -2.24. The minimum atomic E-state index is 0. The molecule has 0 spiro atoms. The van der Waals surface area contributed by atoms with Crippen molar-refractivity contribution in [1.29, 1.82) is 0 Å². The molecule has 1 fully saturated rings. The van der Waals surface area contributed by atoms with Gasteiger partial charge in [-0.1, -0.05) is 11.2 Å². The predicted octanol–water partition coefficient (Wildman–Crippen LogP) is 1.37. The Morgan fingerprint density at radius 3 is 2.79 bits per heavy atom. The van der Waals surface area contributed by atoms with E-state index in [0.29, 0.717) is 49.4 Å². The van der Waals surface area contributed by atoms with Crippen LogP contribution in [0, 0.1) is 5.92 Å². The summed E-state index contributed by atoms with van der Waals surface area (Å²) in [4.78, 5) is 24.6. The minimum absolute atomic E-state index is 0. The number of pyridine rings is 1. The van der Waals surface area contributed by atoms with E-state index in [4.69, 9.17) is 4.52 Å². The molecule has 0 bridgehead atoms. The number of halogens is 1. The molecular formula is C18H26IN7O2. The summed E-state index contributed by atoms with van der Waals surface area (Å²) in [6.45, 7) is 4.48. The van der Waals surface area contributed by atoms with Crippen molar-refractivity contribution in [3.63, 3.8) is 0 Å². The van der Waals surface area contributed by atoms with E-state index in [1.165, 1.54) is 0 Å². The molecule has 10 heteroatoms. The van der Waals surface area contributed by atoms with Crippen LogP contribution in [0.3, 0.4) is 0 Å². The first-order valence-corrected chi connectivity index (χ1v) is 9.30. The van der Waals surface area contributed by atoms with Crippen LogP contribution in [-0.2, 0) is 11.2 Å². The van der Waals surface area contributed by atoms with Crippen LogP contribution in [0.2, 0.25) is 0 Å². The molecule has 3 rings (SSSR count). The zero-order valence-electron chi connectivity index (χ0n) is 15.9. The molecule has 28 heavy (non-hydrogen) atoms. The molecule has 1 aliphatic rings. The summed E-state index contributed by atoms with van der Waals surface area (Å²) in [7, 11) is 0. The molecule has 0 radical (unpaired) electrons. The fraction of sp³-hybridized carbons (Fsp3) is 0.500. The highest BCUT2D eigenvalue weighted by molar-refractivity contribution is 14.0. The number of amides is 1. The van der Waals surface area contributed by atoms with Crippen LogP contribution < -0.4 is 16.0 Å². The fourth-order valence-electron chi connectivity index (χ4n) is 2.41. The van der Waals surface area contributed by atoms with Crippen LogP contribution in [0.25, 0.3) is 11.6 Å². The summed E-state index contributed by atoms with van der Waals surface area (Å²) in [5.41, 5.74) is 0.656. The van der Waals surface area contributed by atoms with Crippen molar-refractivity contribution in [3.8, 4) is 11.6 Å². The Bertz CT molecular complexity index is 762. The standard InChI is InChI=1S/C18H25N7O2.HI/c1-2-19-18(23-12-11-21-16(26)13-6-7-13)22-10-8-15-24-17(27-25-15)14-5-3-4-9-20-14;/h3-5,9,13H,2,6-8,10-12H2,1H3,(H,21,26)(H2,19,22,23);1H. The maximum absolute atomic E-state index is 11.6. The number of rotatable bonds is 9. The van der Waals surface area contributed by atoms with Crippen molar-refractivity contribution in [2.75, 3.05) is 26.2 Å². The van der Waals surface area contributed by atoms with Crippen molar-refractivity contribution < 1.29 is 9.32 Å². The Labute approximate surface area is 181 Å².